The van der Waals surface area contributed by atoms with Crippen molar-refractivity contribution in [1.29, 1.82) is 0 Å². The molecule has 0 bridgehead atoms. The highest BCUT2D eigenvalue weighted by Crippen LogP contribution is 2.18. The summed E-state index contributed by atoms with van der Waals surface area (Å²) in [7, 11) is 0. The van der Waals surface area contributed by atoms with Crippen LogP contribution in [0.25, 0.3) is 6.08 Å². The minimum Gasteiger partial charge on any atom is -0.313 e. The van der Waals surface area contributed by atoms with Gasteiger partial charge in [-0.2, -0.15) is 0 Å². The summed E-state index contributed by atoms with van der Waals surface area (Å²) < 4.78 is 0. The van der Waals surface area contributed by atoms with Gasteiger partial charge in [0.1, 0.15) is 0 Å². The molecule has 0 aliphatic carbocycles. The first kappa shape index (κ1) is 10.5. The molecule has 0 saturated heterocycles. The van der Waals surface area contributed by atoms with Crippen molar-refractivity contribution in [3.63, 3.8) is 0 Å². The molecule has 1 nitrogen and oxygen atoms in total. The third-order valence-corrected chi connectivity index (χ3v) is 2.90. The molecule has 13 heavy (non-hydrogen) atoms. The van der Waals surface area contributed by atoms with Crippen LogP contribution < -0.4 is 5.32 Å². The summed E-state index contributed by atoms with van der Waals surface area (Å²) in [5.74, 6) is 0. The molecular formula is C11H17NS. The van der Waals surface area contributed by atoms with Crippen LogP contribution in [0.2, 0.25) is 0 Å². The third kappa shape index (κ3) is 3.33. The van der Waals surface area contributed by atoms with E-state index >= 15 is 0 Å². The van der Waals surface area contributed by atoms with Gasteiger partial charge in [0, 0.05) is 11.4 Å². The van der Waals surface area contributed by atoms with Crippen molar-refractivity contribution < 1.29 is 0 Å². The second-order valence-electron chi connectivity index (χ2n) is 3.24. The predicted molar refractivity (Wildman–Crippen MR) is 61.3 cm³/mol. The van der Waals surface area contributed by atoms with Gasteiger partial charge in [0.25, 0.3) is 0 Å². The Hall–Kier alpha value is -0.600. The average Bonchev–Trinajstić information content (AvgIpc) is 2.48. The monoisotopic (exact) mass is 195 g/mol. The Balaban J connectivity index is 2.60. The Morgan fingerprint density at radius 2 is 2.38 bits per heavy atom. The molecule has 0 fully saturated rings. The molecule has 0 amide bonds. The fourth-order valence-corrected chi connectivity index (χ4v) is 2.07. The molecule has 0 atom stereocenters. The van der Waals surface area contributed by atoms with Crippen molar-refractivity contribution in [2.45, 2.75) is 20.8 Å². The lowest BCUT2D eigenvalue weighted by Gasteiger charge is -2.01. The van der Waals surface area contributed by atoms with E-state index in [1.165, 1.54) is 16.0 Å². The summed E-state index contributed by atoms with van der Waals surface area (Å²) >= 11 is 1.81. The summed E-state index contributed by atoms with van der Waals surface area (Å²) in [5.41, 5.74) is 2.77. The van der Waals surface area contributed by atoms with E-state index in [1.54, 1.807) is 0 Å². The number of rotatable bonds is 4. The van der Waals surface area contributed by atoms with Gasteiger partial charge in [0.15, 0.2) is 0 Å². The van der Waals surface area contributed by atoms with E-state index in [4.69, 9.17) is 0 Å². The first-order chi connectivity index (χ1) is 6.24. The maximum atomic E-state index is 3.32. The van der Waals surface area contributed by atoms with Crippen molar-refractivity contribution in [1.82, 2.24) is 5.32 Å². The zero-order chi connectivity index (χ0) is 9.68. The zero-order valence-corrected chi connectivity index (χ0v) is 9.37. The second-order valence-corrected chi connectivity index (χ2v) is 4.19. The molecule has 1 aromatic heterocycles. The predicted octanol–water partition coefficient (Wildman–Crippen LogP) is 3.07. The number of aryl methyl sites for hydroxylation is 1. The summed E-state index contributed by atoms with van der Waals surface area (Å²) in [5, 5.41) is 5.46. The van der Waals surface area contributed by atoms with Crippen LogP contribution in [-0.2, 0) is 0 Å². The van der Waals surface area contributed by atoms with Crippen LogP contribution in [0.15, 0.2) is 17.0 Å². The first-order valence-corrected chi connectivity index (χ1v) is 5.54. The van der Waals surface area contributed by atoms with Crippen molar-refractivity contribution in [3.8, 4) is 0 Å². The van der Waals surface area contributed by atoms with Crippen LogP contribution in [-0.4, -0.2) is 13.1 Å². The number of hydrogen-bond acceptors (Lipinski definition) is 2. The van der Waals surface area contributed by atoms with E-state index in [9.17, 15) is 0 Å². The fourth-order valence-electron chi connectivity index (χ4n) is 1.13. The van der Waals surface area contributed by atoms with E-state index in [-0.39, 0.29) is 0 Å². The quantitative estimate of drug-likeness (QED) is 0.778. The smallest absolute Gasteiger partial charge is 0.0299 e. The SMILES string of the molecule is CCNCC(C)=Cc1sccc1C. The average molecular weight is 195 g/mol. The van der Waals surface area contributed by atoms with Gasteiger partial charge in [0.2, 0.25) is 0 Å². The molecule has 1 N–H and O–H groups in total. The largest absolute Gasteiger partial charge is 0.313 e. The standard InChI is InChI=1S/C11H17NS/c1-4-12-8-9(2)7-11-10(3)5-6-13-11/h5-7,12H,4,8H2,1-3H3. The lowest BCUT2D eigenvalue weighted by Crippen LogP contribution is -2.14. The molecule has 0 aliphatic heterocycles. The van der Waals surface area contributed by atoms with E-state index in [1.807, 2.05) is 11.3 Å². The Labute approximate surface area is 84.5 Å². The number of nitrogens with one attached hydrogen (secondary N) is 1. The highest BCUT2D eigenvalue weighted by atomic mass is 32.1. The molecule has 72 valence electrons. The summed E-state index contributed by atoms with van der Waals surface area (Å²) in [4.78, 5) is 1.38. The van der Waals surface area contributed by atoms with Gasteiger partial charge >= 0.3 is 0 Å². The fraction of sp³-hybridized carbons (Fsp3) is 0.455. The van der Waals surface area contributed by atoms with Crippen LogP contribution in [0.3, 0.4) is 0 Å². The van der Waals surface area contributed by atoms with Crippen molar-refractivity contribution in [2.75, 3.05) is 13.1 Å². The number of thiophene rings is 1. The Morgan fingerprint density at radius 1 is 1.62 bits per heavy atom. The summed E-state index contributed by atoms with van der Waals surface area (Å²) in [6, 6.07) is 2.16. The molecule has 2 heteroatoms. The van der Waals surface area contributed by atoms with Crippen molar-refractivity contribution >= 4 is 17.4 Å². The molecule has 0 unspecified atom stereocenters. The van der Waals surface area contributed by atoms with Gasteiger partial charge in [-0.25, -0.2) is 0 Å². The number of likely N-dealkylation sites (N-methyl/N-ethyl adjacent to an activating group) is 1. The zero-order valence-electron chi connectivity index (χ0n) is 8.55. The molecule has 0 radical (unpaired) electrons. The van der Waals surface area contributed by atoms with Gasteiger partial charge in [-0.3, -0.25) is 0 Å². The minimum atomic E-state index is 0.994. The van der Waals surface area contributed by atoms with Crippen LogP contribution in [0.5, 0.6) is 0 Å². The van der Waals surface area contributed by atoms with Gasteiger partial charge < -0.3 is 5.32 Å². The minimum absolute atomic E-state index is 0.994. The Kier molecular flexibility index (Phi) is 4.19. The Morgan fingerprint density at radius 3 is 2.92 bits per heavy atom. The van der Waals surface area contributed by atoms with E-state index in [0.29, 0.717) is 0 Å². The highest BCUT2D eigenvalue weighted by Gasteiger charge is 1.96. The molecule has 0 aliphatic rings. The van der Waals surface area contributed by atoms with Crippen LogP contribution >= 0.6 is 11.3 Å². The van der Waals surface area contributed by atoms with Crippen LogP contribution in [0, 0.1) is 6.92 Å². The molecule has 1 aromatic rings. The van der Waals surface area contributed by atoms with Crippen LogP contribution in [0.4, 0.5) is 0 Å². The summed E-state index contributed by atoms with van der Waals surface area (Å²) in [6.45, 7) is 8.48. The molecular weight excluding hydrogens is 178 g/mol. The Bertz CT molecular complexity index is 286. The van der Waals surface area contributed by atoms with Crippen molar-refractivity contribution in [2.24, 2.45) is 0 Å². The highest BCUT2D eigenvalue weighted by molar-refractivity contribution is 7.11. The van der Waals surface area contributed by atoms with Gasteiger partial charge in [-0.1, -0.05) is 12.5 Å². The first-order valence-electron chi connectivity index (χ1n) is 4.66. The van der Waals surface area contributed by atoms with E-state index in [0.717, 1.165) is 13.1 Å². The maximum Gasteiger partial charge on any atom is 0.0299 e. The van der Waals surface area contributed by atoms with Crippen LogP contribution in [0.1, 0.15) is 24.3 Å². The second kappa shape index (κ2) is 5.20. The molecule has 1 rings (SSSR count). The third-order valence-electron chi connectivity index (χ3n) is 1.93. The number of hydrogen-bond donors (Lipinski definition) is 1. The molecule has 1 heterocycles. The molecule has 0 aromatic carbocycles. The summed E-state index contributed by atoms with van der Waals surface area (Å²) in [6.07, 6.45) is 2.27. The van der Waals surface area contributed by atoms with Crippen molar-refractivity contribution in [3.05, 3.63) is 27.5 Å². The molecule has 0 saturated carbocycles. The van der Waals surface area contributed by atoms with E-state index < -0.39 is 0 Å². The van der Waals surface area contributed by atoms with Gasteiger partial charge in [-0.05, 0) is 43.5 Å². The topological polar surface area (TPSA) is 12.0 Å². The lowest BCUT2D eigenvalue weighted by atomic mass is 10.2. The molecule has 0 spiro atoms. The van der Waals surface area contributed by atoms with E-state index in [2.05, 4.69) is 43.6 Å². The maximum absolute atomic E-state index is 3.32. The van der Waals surface area contributed by atoms with Gasteiger partial charge in [0.05, 0.1) is 0 Å². The lowest BCUT2D eigenvalue weighted by molar-refractivity contribution is 0.779. The normalized spacial score (nSPS) is 12.1. The van der Waals surface area contributed by atoms with Gasteiger partial charge in [-0.15, -0.1) is 11.3 Å².